The van der Waals surface area contributed by atoms with E-state index in [2.05, 4.69) is 10.5 Å². The van der Waals surface area contributed by atoms with Gasteiger partial charge < -0.3 is 9.64 Å². The van der Waals surface area contributed by atoms with Gasteiger partial charge in [-0.15, -0.1) is 0 Å². The Balaban J connectivity index is 2.01. The van der Waals surface area contributed by atoms with E-state index in [1.807, 2.05) is 33.9 Å². The molecule has 1 amide bonds. The van der Waals surface area contributed by atoms with Crippen LogP contribution in [-0.4, -0.2) is 39.5 Å². The van der Waals surface area contributed by atoms with Crippen molar-refractivity contribution >= 4 is 6.09 Å². The summed E-state index contributed by atoms with van der Waals surface area (Å²) in [6.45, 7) is 6.94. The van der Waals surface area contributed by atoms with Crippen LogP contribution >= 0.6 is 0 Å². The average Bonchev–Trinajstić information content (AvgIpc) is 2.99. The summed E-state index contributed by atoms with van der Waals surface area (Å²) >= 11 is 0. The number of nitrogens with one attached hydrogen (secondary N) is 1. The largest absolute Gasteiger partial charge is 0.444 e. The van der Waals surface area contributed by atoms with E-state index in [0.29, 0.717) is 13.1 Å². The van der Waals surface area contributed by atoms with E-state index >= 15 is 0 Å². The van der Waals surface area contributed by atoms with E-state index in [1.165, 1.54) is 0 Å². The van der Waals surface area contributed by atoms with Gasteiger partial charge in [0.15, 0.2) is 0 Å². The van der Waals surface area contributed by atoms with E-state index in [4.69, 9.17) is 10.6 Å². The van der Waals surface area contributed by atoms with Gasteiger partial charge in [-0.2, -0.15) is 5.10 Å². The molecule has 0 aliphatic carbocycles. The SMILES string of the molecule is Cn1nccc1C(NN)C1CCN(C(=O)OC(C)(C)C)C1. The molecule has 1 aliphatic rings. The van der Waals surface area contributed by atoms with E-state index in [9.17, 15) is 4.79 Å². The zero-order chi connectivity index (χ0) is 15.6. The monoisotopic (exact) mass is 295 g/mol. The van der Waals surface area contributed by atoms with Crippen molar-refractivity contribution in [3.05, 3.63) is 18.0 Å². The minimum atomic E-state index is -0.470. The van der Waals surface area contributed by atoms with Crippen molar-refractivity contribution in [1.29, 1.82) is 0 Å². The molecule has 0 radical (unpaired) electrons. The lowest BCUT2D eigenvalue weighted by molar-refractivity contribution is 0.0285. The van der Waals surface area contributed by atoms with Crippen LogP contribution < -0.4 is 11.3 Å². The lowest BCUT2D eigenvalue weighted by Crippen LogP contribution is -2.38. The Morgan fingerprint density at radius 2 is 2.29 bits per heavy atom. The molecule has 2 rings (SSSR count). The van der Waals surface area contributed by atoms with Crippen LogP contribution in [0.4, 0.5) is 4.79 Å². The quantitative estimate of drug-likeness (QED) is 0.646. The van der Waals surface area contributed by atoms with Gasteiger partial charge in [-0.05, 0) is 33.3 Å². The number of aryl methyl sites for hydroxylation is 1. The number of carbonyl (C=O) groups excluding carboxylic acids is 1. The van der Waals surface area contributed by atoms with Gasteiger partial charge in [-0.3, -0.25) is 16.0 Å². The summed E-state index contributed by atoms with van der Waals surface area (Å²) in [5.41, 5.74) is 3.41. The molecule has 2 atom stereocenters. The molecule has 2 heterocycles. The number of amides is 1. The summed E-state index contributed by atoms with van der Waals surface area (Å²) in [6.07, 6.45) is 2.38. The topological polar surface area (TPSA) is 85.4 Å². The molecule has 0 spiro atoms. The molecule has 21 heavy (non-hydrogen) atoms. The van der Waals surface area contributed by atoms with Gasteiger partial charge >= 0.3 is 6.09 Å². The second kappa shape index (κ2) is 6.03. The standard InChI is InChI=1S/C14H25N5O2/c1-14(2,3)21-13(20)19-8-6-10(9-19)12(17-15)11-5-7-16-18(11)4/h5,7,10,12,17H,6,8-9,15H2,1-4H3. The van der Waals surface area contributed by atoms with Crippen LogP contribution in [0, 0.1) is 5.92 Å². The first-order valence-electron chi connectivity index (χ1n) is 7.24. The van der Waals surface area contributed by atoms with Crippen LogP contribution in [-0.2, 0) is 11.8 Å². The van der Waals surface area contributed by atoms with Gasteiger partial charge in [-0.1, -0.05) is 0 Å². The maximum atomic E-state index is 12.1. The van der Waals surface area contributed by atoms with Crippen molar-refractivity contribution in [2.45, 2.75) is 38.8 Å². The van der Waals surface area contributed by atoms with Crippen molar-refractivity contribution in [1.82, 2.24) is 20.1 Å². The number of hydrazine groups is 1. The Morgan fingerprint density at radius 1 is 1.57 bits per heavy atom. The molecule has 1 aliphatic heterocycles. The third-order valence-corrected chi connectivity index (χ3v) is 3.70. The van der Waals surface area contributed by atoms with E-state index in [-0.39, 0.29) is 18.1 Å². The first-order valence-corrected chi connectivity index (χ1v) is 7.24. The highest BCUT2D eigenvalue weighted by molar-refractivity contribution is 5.68. The Kier molecular flexibility index (Phi) is 4.53. The fourth-order valence-corrected chi connectivity index (χ4v) is 2.70. The van der Waals surface area contributed by atoms with Crippen LogP contribution in [0.2, 0.25) is 0 Å². The minimum Gasteiger partial charge on any atom is -0.444 e. The fraction of sp³-hybridized carbons (Fsp3) is 0.714. The molecule has 1 fully saturated rings. The predicted molar refractivity (Wildman–Crippen MR) is 79.2 cm³/mol. The average molecular weight is 295 g/mol. The second-order valence-corrected chi connectivity index (χ2v) is 6.50. The van der Waals surface area contributed by atoms with Gasteiger partial charge in [-0.25, -0.2) is 4.79 Å². The van der Waals surface area contributed by atoms with Gasteiger partial charge in [0.05, 0.1) is 11.7 Å². The first-order chi connectivity index (χ1) is 9.81. The molecule has 1 aromatic heterocycles. The van der Waals surface area contributed by atoms with Crippen molar-refractivity contribution in [3.8, 4) is 0 Å². The molecule has 3 N–H and O–H groups in total. The number of ether oxygens (including phenoxy) is 1. The van der Waals surface area contributed by atoms with E-state index in [1.54, 1.807) is 15.8 Å². The number of rotatable bonds is 3. The van der Waals surface area contributed by atoms with Gasteiger partial charge in [0.1, 0.15) is 5.60 Å². The molecular formula is C14H25N5O2. The van der Waals surface area contributed by atoms with E-state index in [0.717, 1.165) is 12.1 Å². The summed E-state index contributed by atoms with van der Waals surface area (Å²) in [5, 5.41) is 4.18. The normalized spacial score (nSPS) is 20.6. The molecule has 118 valence electrons. The van der Waals surface area contributed by atoms with Crippen molar-refractivity contribution < 1.29 is 9.53 Å². The van der Waals surface area contributed by atoms with E-state index < -0.39 is 5.60 Å². The Hall–Kier alpha value is -1.60. The lowest BCUT2D eigenvalue weighted by Gasteiger charge is -2.26. The number of carbonyl (C=O) groups is 1. The molecule has 0 saturated carbocycles. The maximum absolute atomic E-state index is 12.1. The number of hydrogen-bond acceptors (Lipinski definition) is 5. The zero-order valence-electron chi connectivity index (χ0n) is 13.2. The number of hydrogen-bond donors (Lipinski definition) is 2. The van der Waals surface area contributed by atoms with Crippen molar-refractivity contribution in [2.75, 3.05) is 13.1 Å². The second-order valence-electron chi connectivity index (χ2n) is 6.50. The summed E-state index contributed by atoms with van der Waals surface area (Å²) < 4.78 is 7.22. The number of likely N-dealkylation sites (tertiary alicyclic amines) is 1. The number of aromatic nitrogens is 2. The molecule has 0 aromatic carbocycles. The van der Waals surface area contributed by atoms with Crippen LogP contribution in [0.25, 0.3) is 0 Å². The van der Waals surface area contributed by atoms with Crippen molar-refractivity contribution in [3.63, 3.8) is 0 Å². The predicted octanol–water partition coefficient (Wildman–Crippen LogP) is 1.18. The van der Waals surface area contributed by atoms with Crippen molar-refractivity contribution in [2.24, 2.45) is 18.8 Å². The highest BCUT2D eigenvalue weighted by Crippen LogP contribution is 2.30. The van der Waals surface area contributed by atoms with Gasteiger partial charge in [0.2, 0.25) is 0 Å². The Morgan fingerprint density at radius 3 is 2.81 bits per heavy atom. The molecule has 1 saturated heterocycles. The molecule has 2 unspecified atom stereocenters. The summed E-state index contributed by atoms with van der Waals surface area (Å²) in [5.74, 6) is 5.96. The zero-order valence-corrected chi connectivity index (χ0v) is 13.2. The molecule has 1 aromatic rings. The number of nitrogens with two attached hydrogens (primary N) is 1. The fourth-order valence-electron chi connectivity index (χ4n) is 2.70. The Bertz CT molecular complexity index is 494. The molecule has 0 bridgehead atoms. The summed E-state index contributed by atoms with van der Waals surface area (Å²) in [4.78, 5) is 13.9. The third kappa shape index (κ3) is 3.74. The highest BCUT2D eigenvalue weighted by Gasteiger charge is 2.35. The third-order valence-electron chi connectivity index (χ3n) is 3.70. The van der Waals surface area contributed by atoms with Crippen LogP contribution in [0.1, 0.15) is 38.9 Å². The molecule has 7 nitrogen and oxygen atoms in total. The first kappa shape index (κ1) is 15.8. The van der Waals surface area contributed by atoms with Crippen LogP contribution in [0.3, 0.4) is 0 Å². The highest BCUT2D eigenvalue weighted by atomic mass is 16.6. The summed E-state index contributed by atoms with van der Waals surface area (Å²) in [6, 6.07) is 1.92. The number of nitrogens with zero attached hydrogens (tertiary/aromatic N) is 3. The van der Waals surface area contributed by atoms with Crippen LogP contribution in [0.15, 0.2) is 12.3 Å². The smallest absolute Gasteiger partial charge is 0.410 e. The minimum absolute atomic E-state index is 0.0232. The lowest BCUT2D eigenvalue weighted by atomic mass is 9.96. The van der Waals surface area contributed by atoms with Gasteiger partial charge in [0.25, 0.3) is 0 Å². The van der Waals surface area contributed by atoms with Crippen LogP contribution in [0.5, 0.6) is 0 Å². The van der Waals surface area contributed by atoms with Gasteiger partial charge in [0, 0.05) is 32.3 Å². The molecular weight excluding hydrogens is 270 g/mol. The molecule has 7 heteroatoms. The Labute approximate surface area is 125 Å². The maximum Gasteiger partial charge on any atom is 0.410 e. The summed E-state index contributed by atoms with van der Waals surface area (Å²) in [7, 11) is 1.89.